The SMILES string of the molecule is COc1ccc(C(=O)N[C@H](CC(C)C)C(=O)N2CCCCC2)cc1OC. The Balaban J connectivity index is 2.13. The van der Waals surface area contributed by atoms with Crippen LogP contribution < -0.4 is 14.8 Å². The lowest BCUT2D eigenvalue weighted by molar-refractivity contribution is -0.134. The third-order valence-corrected chi connectivity index (χ3v) is 4.62. The van der Waals surface area contributed by atoms with Crippen LogP contribution in [0.4, 0.5) is 0 Å². The van der Waals surface area contributed by atoms with E-state index in [-0.39, 0.29) is 11.8 Å². The van der Waals surface area contributed by atoms with Crippen molar-refractivity contribution in [2.24, 2.45) is 5.92 Å². The van der Waals surface area contributed by atoms with Crippen LogP contribution in [0, 0.1) is 5.92 Å². The number of methoxy groups -OCH3 is 2. The van der Waals surface area contributed by atoms with Crippen molar-refractivity contribution in [3.05, 3.63) is 23.8 Å². The van der Waals surface area contributed by atoms with Gasteiger partial charge in [-0.15, -0.1) is 0 Å². The van der Waals surface area contributed by atoms with E-state index in [0.717, 1.165) is 32.4 Å². The van der Waals surface area contributed by atoms with Gasteiger partial charge in [0.15, 0.2) is 11.5 Å². The van der Waals surface area contributed by atoms with Gasteiger partial charge in [-0.1, -0.05) is 13.8 Å². The molecule has 0 radical (unpaired) electrons. The van der Waals surface area contributed by atoms with Crippen molar-refractivity contribution in [3.8, 4) is 11.5 Å². The first-order valence-electron chi connectivity index (χ1n) is 9.28. The third-order valence-electron chi connectivity index (χ3n) is 4.62. The van der Waals surface area contributed by atoms with Crippen molar-refractivity contribution >= 4 is 11.8 Å². The predicted molar refractivity (Wildman–Crippen MR) is 101 cm³/mol. The highest BCUT2D eigenvalue weighted by atomic mass is 16.5. The summed E-state index contributed by atoms with van der Waals surface area (Å²) in [5, 5.41) is 2.92. The Morgan fingerprint density at radius 2 is 1.73 bits per heavy atom. The molecular weight excluding hydrogens is 332 g/mol. The molecule has 6 nitrogen and oxygen atoms in total. The highest BCUT2D eigenvalue weighted by Gasteiger charge is 2.28. The second-order valence-corrected chi connectivity index (χ2v) is 7.11. The molecule has 1 saturated heterocycles. The first kappa shape index (κ1) is 20.1. The molecule has 26 heavy (non-hydrogen) atoms. The highest BCUT2D eigenvalue weighted by Crippen LogP contribution is 2.27. The van der Waals surface area contributed by atoms with Crippen LogP contribution >= 0.6 is 0 Å². The molecule has 6 heteroatoms. The molecule has 1 aromatic rings. The van der Waals surface area contributed by atoms with Crippen molar-refractivity contribution in [2.45, 2.75) is 45.6 Å². The average Bonchev–Trinajstić information content (AvgIpc) is 2.66. The molecule has 0 unspecified atom stereocenters. The largest absolute Gasteiger partial charge is 0.493 e. The molecule has 1 aliphatic rings. The minimum Gasteiger partial charge on any atom is -0.493 e. The molecule has 1 atom stereocenters. The van der Waals surface area contributed by atoms with Crippen LogP contribution in [0.15, 0.2) is 18.2 Å². The number of piperidine rings is 1. The van der Waals surface area contributed by atoms with E-state index in [0.29, 0.717) is 29.4 Å². The third kappa shape index (κ3) is 5.13. The minimum atomic E-state index is -0.506. The lowest BCUT2D eigenvalue weighted by atomic mass is 10.0. The van der Waals surface area contributed by atoms with Gasteiger partial charge in [0.2, 0.25) is 5.91 Å². The van der Waals surface area contributed by atoms with Crippen LogP contribution in [0.5, 0.6) is 11.5 Å². The molecular formula is C20H30N2O4. The van der Waals surface area contributed by atoms with Gasteiger partial charge in [0.05, 0.1) is 14.2 Å². The summed E-state index contributed by atoms with van der Waals surface area (Å²) in [6.45, 7) is 5.66. The zero-order chi connectivity index (χ0) is 19.1. The molecule has 1 fully saturated rings. The zero-order valence-corrected chi connectivity index (χ0v) is 16.2. The Hall–Kier alpha value is -2.24. The summed E-state index contributed by atoms with van der Waals surface area (Å²) < 4.78 is 10.5. The number of hydrogen-bond acceptors (Lipinski definition) is 4. The minimum absolute atomic E-state index is 0.0206. The molecule has 0 spiro atoms. The first-order chi connectivity index (χ1) is 12.5. The van der Waals surface area contributed by atoms with Gasteiger partial charge in [0.25, 0.3) is 5.91 Å². The van der Waals surface area contributed by atoms with E-state index >= 15 is 0 Å². The van der Waals surface area contributed by atoms with Gasteiger partial charge in [-0.3, -0.25) is 9.59 Å². The lowest BCUT2D eigenvalue weighted by Crippen LogP contribution is -2.50. The summed E-state index contributed by atoms with van der Waals surface area (Å²) in [5.41, 5.74) is 0.447. The molecule has 0 saturated carbocycles. The van der Waals surface area contributed by atoms with Crippen LogP contribution in [-0.2, 0) is 4.79 Å². The molecule has 0 bridgehead atoms. The topological polar surface area (TPSA) is 67.9 Å². The molecule has 1 aromatic carbocycles. The van der Waals surface area contributed by atoms with E-state index in [2.05, 4.69) is 19.2 Å². The number of hydrogen-bond donors (Lipinski definition) is 1. The van der Waals surface area contributed by atoms with E-state index < -0.39 is 6.04 Å². The van der Waals surface area contributed by atoms with E-state index in [1.807, 2.05) is 4.90 Å². The highest BCUT2D eigenvalue weighted by molar-refractivity contribution is 5.98. The quantitative estimate of drug-likeness (QED) is 0.810. The number of likely N-dealkylation sites (tertiary alicyclic amines) is 1. The zero-order valence-electron chi connectivity index (χ0n) is 16.2. The van der Waals surface area contributed by atoms with E-state index in [4.69, 9.17) is 9.47 Å². The summed E-state index contributed by atoms with van der Waals surface area (Å²) in [6, 6.07) is 4.49. The standard InChI is InChI=1S/C20H30N2O4/c1-14(2)12-16(20(24)22-10-6-5-7-11-22)21-19(23)15-8-9-17(25-3)18(13-15)26-4/h8-9,13-14,16H,5-7,10-12H2,1-4H3,(H,21,23)/t16-/m1/s1. The predicted octanol–water partition coefficient (Wildman–Crippen LogP) is 2.86. The van der Waals surface area contributed by atoms with E-state index in [9.17, 15) is 9.59 Å². The van der Waals surface area contributed by atoms with Gasteiger partial charge in [-0.05, 0) is 49.8 Å². The summed E-state index contributed by atoms with van der Waals surface area (Å²) >= 11 is 0. The maximum Gasteiger partial charge on any atom is 0.252 e. The smallest absolute Gasteiger partial charge is 0.252 e. The molecule has 2 amide bonds. The second-order valence-electron chi connectivity index (χ2n) is 7.11. The summed E-state index contributed by atoms with van der Waals surface area (Å²) in [4.78, 5) is 27.5. The number of ether oxygens (including phenoxy) is 2. The van der Waals surface area contributed by atoms with Crippen LogP contribution in [0.1, 0.15) is 49.9 Å². The fraction of sp³-hybridized carbons (Fsp3) is 0.600. The first-order valence-corrected chi connectivity index (χ1v) is 9.28. The molecule has 2 rings (SSSR count). The van der Waals surface area contributed by atoms with Gasteiger partial charge in [0.1, 0.15) is 6.04 Å². The van der Waals surface area contributed by atoms with E-state index in [1.165, 1.54) is 7.11 Å². The van der Waals surface area contributed by atoms with Gasteiger partial charge < -0.3 is 19.7 Å². The summed E-state index contributed by atoms with van der Waals surface area (Å²) in [6.07, 6.45) is 3.85. The average molecular weight is 362 g/mol. The van der Waals surface area contributed by atoms with Crippen LogP contribution in [0.3, 0.4) is 0 Å². The molecule has 0 aromatic heterocycles. The van der Waals surface area contributed by atoms with Crippen molar-refractivity contribution in [1.29, 1.82) is 0 Å². The number of carbonyl (C=O) groups excluding carboxylic acids is 2. The molecule has 1 aliphatic heterocycles. The second kappa shape index (κ2) is 9.46. The molecule has 144 valence electrons. The fourth-order valence-corrected chi connectivity index (χ4v) is 3.25. The monoisotopic (exact) mass is 362 g/mol. The Bertz CT molecular complexity index is 624. The lowest BCUT2D eigenvalue weighted by Gasteiger charge is -2.31. The molecule has 1 heterocycles. The molecule has 0 aliphatic carbocycles. The number of nitrogens with zero attached hydrogens (tertiary/aromatic N) is 1. The maximum absolute atomic E-state index is 12.9. The number of benzene rings is 1. The van der Waals surface area contributed by atoms with E-state index in [1.54, 1.807) is 25.3 Å². The molecule has 1 N–H and O–H groups in total. The number of amides is 2. The summed E-state index contributed by atoms with van der Waals surface area (Å²) in [5.74, 6) is 1.10. The Labute approximate surface area is 155 Å². The summed E-state index contributed by atoms with van der Waals surface area (Å²) in [7, 11) is 3.08. The van der Waals surface area contributed by atoms with Crippen molar-refractivity contribution < 1.29 is 19.1 Å². The van der Waals surface area contributed by atoms with Crippen LogP contribution in [0.2, 0.25) is 0 Å². The van der Waals surface area contributed by atoms with Gasteiger partial charge in [-0.25, -0.2) is 0 Å². The van der Waals surface area contributed by atoms with Crippen molar-refractivity contribution in [2.75, 3.05) is 27.3 Å². The number of rotatable bonds is 7. The Morgan fingerprint density at radius 3 is 2.31 bits per heavy atom. The Kier molecular flexibility index (Phi) is 7.30. The van der Waals surface area contributed by atoms with Crippen molar-refractivity contribution in [3.63, 3.8) is 0 Å². The Morgan fingerprint density at radius 1 is 1.08 bits per heavy atom. The van der Waals surface area contributed by atoms with Gasteiger partial charge >= 0.3 is 0 Å². The fourth-order valence-electron chi connectivity index (χ4n) is 3.25. The number of nitrogens with one attached hydrogen (secondary N) is 1. The van der Waals surface area contributed by atoms with Crippen LogP contribution in [-0.4, -0.2) is 50.1 Å². The van der Waals surface area contributed by atoms with Gasteiger partial charge in [0, 0.05) is 18.7 Å². The number of carbonyl (C=O) groups is 2. The normalized spacial score (nSPS) is 15.5. The van der Waals surface area contributed by atoms with Crippen molar-refractivity contribution in [1.82, 2.24) is 10.2 Å². The van der Waals surface area contributed by atoms with Crippen LogP contribution in [0.25, 0.3) is 0 Å². The van der Waals surface area contributed by atoms with Gasteiger partial charge in [-0.2, -0.15) is 0 Å². The maximum atomic E-state index is 12.9.